The summed E-state index contributed by atoms with van der Waals surface area (Å²) in [6.07, 6.45) is 0.936. The summed E-state index contributed by atoms with van der Waals surface area (Å²) in [4.78, 5) is 0. The molecule has 4 nitrogen and oxygen atoms in total. The van der Waals surface area contributed by atoms with Crippen LogP contribution in [0, 0.1) is 0 Å². The number of methoxy groups -OCH3 is 1. The Morgan fingerprint density at radius 3 is 3.00 bits per heavy atom. The Bertz CT molecular complexity index is 121. The predicted molar refractivity (Wildman–Crippen MR) is 45.0 cm³/mol. The molecule has 1 fully saturated rings. The van der Waals surface area contributed by atoms with Crippen molar-refractivity contribution in [3.05, 3.63) is 0 Å². The number of ether oxygens (including phenoxy) is 3. The first-order valence-electron chi connectivity index (χ1n) is 4.28. The maximum atomic E-state index is 5.82. The van der Waals surface area contributed by atoms with E-state index in [1.165, 1.54) is 0 Å². The van der Waals surface area contributed by atoms with Gasteiger partial charge in [-0.05, 0) is 6.42 Å². The predicted octanol–water partition coefficient (Wildman–Crippen LogP) is -0.234. The van der Waals surface area contributed by atoms with Crippen molar-refractivity contribution in [2.24, 2.45) is 5.73 Å². The summed E-state index contributed by atoms with van der Waals surface area (Å²) in [6, 6.07) is 0.121. The number of hydrogen-bond acceptors (Lipinski definition) is 4. The maximum Gasteiger partial charge on any atom is 0.0960 e. The van der Waals surface area contributed by atoms with Crippen molar-refractivity contribution in [2.75, 3.05) is 33.5 Å². The maximum absolute atomic E-state index is 5.82. The van der Waals surface area contributed by atoms with Crippen LogP contribution < -0.4 is 5.73 Å². The van der Waals surface area contributed by atoms with Gasteiger partial charge in [0.2, 0.25) is 0 Å². The van der Waals surface area contributed by atoms with E-state index in [9.17, 15) is 0 Å². The lowest BCUT2D eigenvalue weighted by Crippen LogP contribution is -2.45. The van der Waals surface area contributed by atoms with Gasteiger partial charge in [-0.15, -0.1) is 0 Å². The molecule has 2 atom stereocenters. The molecule has 1 rings (SSSR count). The first-order chi connectivity index (χ1) is 5.84. The molecule has 0 radical (unpaired) electrons. The van der Waals surface area contributed by atoms with Gasteiger partial charge in [0.15, 0.2) is 0 Å². The van der Waals surface area contributed by atoms with Crippen molar-refractivity contribution in [1.29, 1.82) is 0 Å². The lowest BCUT2D eigenvalue weighted by molar-refractivity contribution is -0.0712. The third-order valence-electron chi connectivity index (χ3n) is 1.97. The summed E-state index contributed by atoms with van der Waals surface area (Å²) in [5.74, 6) is 0. The van der Waals surface area contributed by atoms with Crippen molar-refractivity contribution in [1.82, 2.24) is 0 Å². The van der Waals surface area contributed by atoms with Crippen molar-refractivity contribution >= 4 is 0 Å². The van der Waals surface area contributed by atoms with Crippen LogP contribution in [0.5, 0.6) is 0 Å². The van der Waals surface area contributed by atoms with Crippen molar-refractivity contribution in [3.8, 4) is 0 Å². The van der Waals surface area contributed by atoms with Gasteiger partial charge < -0.3 is 19.9 Å². The average molecular weight is 175 g/mol. The van der Waals surface area contributed by atoms with Gasteiger partial charge in [0.25, 0.3) is 0 Å². The molecule has 0 aromatic carbocycles. The highest BCUT2D eigenvalue weighted by molar-refractivity contribution is 4.76. The van der Waals surface area contributed by atoms with E-state index < -0.39 is 0 Å². The molecule has 4 heteroatoms. The minimum atomic E-state index is 0.0499. The van der Waals surface area contributed by atoms with Crippen LogP contribution in [-0.2, 0) is 14.2 Å². The van der Waals surface area contributed by atoms with Crippen LogP contribution in [0.3, 0.4) is 0 Å². The minimum Gasteiger partial charge on any atom is -0.382 e. The van der Waals surface area contributed by atoms with Crippen molar-refractivity contribution < 1.29 is 14.2 Å². The molecule has 0 saturated carbocycles. The van der Waals surface area contributed by atoms with E-state index in [-0.39, 0.29) is 12.1 Å². The van der Waals surface area contributed by atoms with Crippen LogP contribution in [0.15, 0.2) is 0 Å². The van der Waals surface area contributed by atoms with Gasteiger partial charge in [0, 0.05) is 19.8 Å². The number of rotatable bonds is 4. The van der Waals surface area contributed by atoms with Gasteiger partial charge in [-0.2, -0.15) is 0 Å². The van der Waals surface area contributed by atoms with Gasteiger partial charge in [0.05, 0.1) is 25.9 Å². The second-order valence-electron chi connectivity index (χ2n) is 2.93. The summed E-state index contributed by atoms with van der Waals surface area (Å²) < 4.78 is 15.6. The van der Waals surface area contributed by atoms with Crippen LogP contribution in [0.1, 0.15) is 6.42 Å². The average Bonchev–Trinajstić information content (AvgIpc) is 2.09. The van der Waals surface area contributed by atoms with Crippen LogP contribution >= 0.6 is 0 Å². The number of hydrogen-bond donors (Lipinski definition) is 1. The zero-order valence-corrected chi connectivity index (χ0v) is 7.49. The second kappa shape index (κ2) is 5.48. The molecule has 0 bridgehead atoms. The summed E-state index contributed by atoms with van der Waals surface area (Å²) in [6.45, 7) is 2.58. The topological polar surface area (TPSA) is 53.7 Å². The van der Waals surface area contributed by atoms with E-state index in [1.54, 1.807) is 7.11 Å². The highest BCUT2D eigenvalue weighted by Crippen LogP contribution is 2.08. The molecular weight excluding hydrogens is 158 g/mol. The molecule has 0 aromatic heterocycles. The molecule has 1 aliphatic heterocycles. The van der Waals surface area contributed by atoms with E-state index in [0.717, 1.165) is 13.0 Å². The summed E-state index contributed by atoms with van der Waals surface area (Å²) in [5, 5.41) is 0. The highest BCUT2D eigenvalue weighted by atomic mass is 16.6. The van der Waals surface area contributed by atoms with Crippen molar-refractivity contribution in [2.45, 2.75) is 18.6 Å². The molecule has 12 heavy (non-hydrogen) atoms. The zero-order chi connectivity index (χ0) is 8.81. The lowest BCUT2D eigenvalue weighted by atomic mass is 10.1. The standard InChI is InChI=1S/C8H17NO3/c1-10-4-5-12-8-6-11-3-2-7(8)9/h7-8H,2-6,9H2,1H3. The van der Waals surface area contributed by atoms with Gasteiger partial charge in [-0.1, -0.05) is 0 Å². The molecule has 0 aliphatic carbocycles. The Labute approximate surface area is 73.0 Å². The fraction of sp³-hybridized carbons (Fsp3) is 1.00. The minimum absolute atomic E-state index is 0.0499. The SMILES string of the molecule is COCCOC1COCCC1N. The molecule has 0 amide bonds. The molecule has 1 heterocycles. The Balaban J connectivity index is 2.11. The molecule has 1 saturated heterocycles. The van der Waals surface area contributed by atoms with Gasteiger partial charge in [-0.25, -0.2) is 0 Å². The fourth-order valence-electron chi connectivity index (χ4n) is 1.18. The van der Waals surface area contributed by atoms with E-state index >= 15 is 0 Å². The Morgan fingerprint density at radius 2 is 2.33 bits per heavy atom. The molecule has 1 aliphatic rings. The summed E-state index contributed by atoms with van der Waals surface area (Å²) in [7, 11) is 1.65. The van der Waals surface area contributed by atoms with Crippen LogP contribution in [-0.4, -0.2) is 45.7 Å². The molecule has 0 spiro atoms. The smallest absolute Gasteiger partial charge is 0.0960 e. The third-order valence-corrected chi connectivity index (χ3v) is 1.97. The highest BCUT2D eigenvalue weighted by Gasteiger charge is 2.22. The summed E-state index contributed by atoms with van der Waals surface area (Å²) in [5.41, 5.74) is 5.82. The normalized spacial score (nSPS) is 30.5. The van der Waals surface area contributed by atoms with E-state index in [4.69, 9.17) is 19.9 Å². The number of nitrogens with two attached hydrogens (primary N) is 1. The molecule has 2 N–H and O–H groups in total. The summed E-state index contributed by atoms with van der Waals surface area (Å²) >= 11 is 0. The Hall–Kier alpha value is -0.160. The lowest BCUT2D eigenvalue weighted by Gasteiger charge is -2.28. The van der Waals surface area contributed by atoms with E-state index in [1.807, 2.05) is 0 Å². The van der Waals surface area contributed by atoms with Crippen LogP contribution in [0.2, 0.25) is 0 Å². The van der Waals surface area contributed by atoms with Crippen molar-refractivity contribution in [3.63, 3.8) is 0 Å². The first kappa shape index (κ1) is 9.92. The Morgan fingerprint density at radius 1 is 1.50 bits per heavy atom. The van der Waals surface area contributed by atoms with Gasteiger partial charge in [0.1, 0.15) is 0 Å². The molecule has 0 aromatic rings. The Kier molecular flexibility index (Phi) is 4.53. The molecular formula is C8H17NO3. The molecule has 72 valence electrons. The van der Waals surface area contributed by atoms with E-state index in [2.05, 4.69) is 0 Å². The monoisotopic (exact) mass is 175 g/mol. The van der Waals surface area contributed by atoms with Gasteiger partial charge in [-0.3, -0.25) is 0 Å². The quantitative estimate of drug-likeness (QED) is 0.599. The van der Waals surface area contributed by atoms with Gasteiger partial charge >= 0.3 is 0 Å². The second-order valence-corrected chi connectivity index (χ2v) is 2.93. The fourth-order valence-corrected chi connectivity index (χ4v) is 1.18. The van der Waals surface area contributed by atoms with Crippen LogP contribution in [0.4, 0.5) is 0 Å². The van der Waals surface area contributed by atoms with Crippen LogP contribution in [0.25, 0.3) is 0 Å². The largest absolute Gasteiger partial charge is 0.382 e. The van der Waals surface area contributed by atoms with E-state index in [0.29, 0.717) is 19.8 Å². The zero-order valence-electron chi connectivity index (χ0n) is 7.49. The molecule has 2 unspecified atom stereocenters. The first-order valence-corrected chi connectivity index (χ1v) is 4.28. The third kappa shape index (κ3) is 3.06.